The van der Waals surface area contributed by atoms with E-state index in [4.69, 9.17) is 9.90 Å². The molecular weight excluding hydrogens is 370 g/mol. The Morgan fingerprint density at radius 2 is 1.97 bits per heavy atom. The number of fused-ring (bicyclic) bond motifs is 1. The molecule has 1 aromatic carbocycles. The van der Waals surface area contributed by atoms with E-state index in [0.29, 0.717) is 6.04 Å². The molecule has 3 heterocycles. The normalized spacial score (nSPS) is 17.1. The molecule has 0 amide bonds. The monoisotopic (exact) mass is 395 g/mol. The van der Waals surface area contributed by atoms with Crippen LogP contribution in [0, 0.1) is 0 Å². The molecule has 1 aliphatic heterocycles. The summed E-state index contributed by atoms with van der Waals surface area (Å²) in [7, 11) is 0. The highest BCUT2D eigenvalue weighted by atomic mass is 16.3. The Hall–Kier alpha value is -2.97. The highest BCUT2D eigenvalue weighted by Crippen LogP contribution is 2.36. The molecule has 2 N–H and O–H groups in total. The average molecular weight is 395 g/mol. The van der Waals surface area contributed by atoms with Crippen molar-refractivity contribution in [2.24, 2.45) is 0 Å². The number of nitrogens with zero attached hydrogens (tertiary/aromatic N) is 5. The largest absolute Gasteiger partial charge is 0.483 e. The molecule has 29 heavy (non-hydrogen) atoms. The van der Waals surface area contributed by atoms with E-state index < -0.39 is 6.10 Å². The topological polar surface area (TPSA) is 96.4 Å². The van der Waals surface area contributed by atoms with Crippen molar-refractivity contribution in [3.8, 4) is 0 Å². The van der Waals surface area contributed by atoms with Crippen molar-refractivity contribution in [1.82, 2.24) is 24.2 Å². The van der Waals surface area contributed by atoms with Crippen molar-refractivity contribution in [2.75, 3.05) is 6.54 Å². The number of aliphatic hydroxyl groups is 1. The quantitative estimate of drug-likeness (QED) is 0.643. The summed E-state index contributed by atoms with van der Waals surface area (Å²) < 4.78 is 4.37. The zero-order valence-corrected chi connectivity index (χ0v) is 16.1. The number of hydrogen-bond acceptors (Lipinski definition) is 5. The van der Waals surface area contributed by atoms with Crippen molar-refractivity contribution in [2.45, 2.75) is 44.6 Å². The van der Waals surface area contributed by atoms with Gasteiger partial charge in [-0.05, 0) is 24.5 Å². The first-order chi connectivity index (χ1) is 14.2. The lowest BCUT2D eigenvalue weighted by Crippen LogP contribution is -2.33. The minimum absolute atomic E-state index is 0.250. The summed E-state index contributed by atoms with van der Waals surface area (Å²) in [5, 5.41) is 22.1. The third kappa shape index (κ3) is 4.38. The van der Waals surface area contributed by atoms with Gasteiger partial charge in [0.2, 0.25) is 0 Å². The van der Waals surface area contributed by atoms with Crippen LogP contribution in [-0.4, -0.2) is 47.5 Å². The predicted molar refractivity (Wildman–Crippen MR) is 106 cm³/mol. The van der Waals surface area contributed by atoms with Crippen LogP contribution in [-0.2, 0) is 24.4 Å². The van der Waals surface area contributed by atoms with Crippen LogP contribution in [0.1, 0.15) is 47.6 Å². The maximum absolute atomic E-state index is 10.6. The van der Waals surface area contributed by atoms with E-state index in [2.05, 4.69) is 19.5 Å². The van der Waals surface area contributed by atoms with Crippen LogP contribution in [0.15, 0.2) is 48.9 Å². The van der Waals surface area contributed by atoms with Crippen molar-refractivity contribution in [3.63, 3.8) is 0 Å². The Labute approximate surface area is 169 Å². The van der Waals surface area contributed by atoms with Gasteiger partial charge in [0.05, 0.1) is 30.0 Å². The van der Waals surface area contributed by atoms with E-state index in [1.807, 2.05) is 53.6 Å². The summed E-state index contributed by atoms with van der Waals surface area (Å²) >= 11 is 0. The van der Waals surface area contributed by atoms with Gasteiger partial charge < -0.3 is 14.8 Å². The Balaban J connectivity index is 0.000000645. The van der Waals surface area contributed by atoms with E-state index in [0.717, 1.165) is 37.4 Å². The standard InChI is InChI=1S/C20H23N5O.CH2O2/c26-20(15-4-2-1-3-5-15)19-10-17-12-23(8-9-25(17)22-19)13-18-11-21-14-24(18)16-6-7-16;2-1-3/h1-5,10-11,14,16,20,26H,6-9,12-13H2;1H,(H,2,3). The molecule has 1 aliphatic carbocycles. The maximum Gasteiger partial charge on any atom is 0.290 e. The smallest absolute Gasteiger partial charge is 0.290 e. The summed E-state index contributed by atoms with van der Waals surface area (Å²) in [6, 6.07) is 12.4. The van der Waals surface area contributed by atoms with Gasteiger partial charge in [-0.1, -0.05) is 30.3 Å². The second-order valence-corrected chi connectivity index (χ2v) is 7.44. The molecule has 3 aromatic rings. The van der Waals surface area contributed by atoms with Gasteiger partial charge in [0, 0.05) is 31.9 Å². The highest BCUT2D eigenvalue weighted by Gasteiger charge is 2.27. The van der Waals surface area contributed by atoms with Crippen molar-refractivity contribution in [3.05, 3.63) is 71.6 Å². The predicted octanol–water partition coefficient (Wildman–Crippen LogP) is 2.21. The fraction of sp³-hybridized carbons (Fsp3) is 0.381. The first-order valence-corrected chi connectivity index (χ1v) is 9.80. The van der Waals surface area contributed by atoms with E-state index in [9.17, 15) is 5.11 Å². The number of carboxylic acid groups (broad SMARTS) is 1. The van der Waals surface area contributed by atoms with Gasteiger partial charge in [-0.25, -0.2) is 4.98 Å². The molecule has 1 fully saturated rings. The fourth-order valence-electron chi connectivity index (χ4n) is 3.78. The number of aliphatic hydroxyl groups excluding tert-OH is 1. The third-order valence-electron chi connectivity index (χ3n) is 5.36. The summed E-state index contributed by atoms with van der Waals surface area (Å²) in [6.45, 7) is 3.34. The molecular formula is C21H25N5O3. The third-order valence-corrected chi connectivity index (χ3v) is 5.36. The van der Waals surface area contributed by atoms with Gasteiger partial charge in [0.1, 0.15) is 6.10 Å². The molecule has 8 nitrogen and oxygen atoms in total. The van der Waals surface area contributed by atoms with Gasteiger partial charge in [0.15, 0.2) is 0 Å². The molecule has 0 radical (unpaired) electrons. The molecule has 0 bridgehead atoms. The van der Waals surface area contributed by atoms with Crippen molar-refractivity contribution >= 4 is 6.47 Å². The molecule has 0 spiro atoms. The summed E-state index contributed by atoms with van der Waals surface area (Å²) in [4.78, 5) is 15.1. The number of hydrogen-bond donors (Lipinski definition) is 2. The molecule has 0 saturated heterocycles. The van der Waals surface area contributed by atoms with Crippen LogP contribution in [0.25, 0.3) is 0 Å². The number of benzene rings is 1. The first-order valence-electron chi connectivity index (χ1n) is 9.80. The number of rotatable bonds is 5. The summed E-state index contributed by atoms with van der Waals surface area (Å²) in [5.74, 6) is 0. The average Bonchev–Trinajstić information content (AvgIpc) is 3.33. The van der Waals surface area contributed by atoms with E-state index in [1.165, 1.54) is 24.2 Å². The molecule has 1 unspecified atom stereocenters. The molecule has 1 saturated carbocycles. The lowest BCUT2D eigenvalue weighted by Gasteiger charge is -2.27. The Bertz CT molecular complexity index is 948. The molecule has 5 rings (SSSR count). The molecule has 152 valence electrons. The van der Waals surface area contributed by atoms with Crippen LogP contribution in [0.5, 0.6) is 0 Å². The Morgan fingerprint density at radius 1 is 1.21 bits per heavy atom. The van der Waals surface area contributed by atoms with Crippen molar-refractivity contribution < 1.29 is 15.0 Å². The van der Waals surface area contributed by atoms with Crippen LogP contribution in [0.2, 0.25) is 0 Å². The number of imidazole rings is 1. The zero-order valence-electron chi connectivity index (χ0n) is 16.1. The highest BCUT2D eigenvalue weighted by molar-refractivity contribution is 5.32. The van der Waals surface area contributed by atoms with Crippen LogP contribution >= 0.6 is 0 Å². The summed E-state index contributed by atoms with van der Waals surface area (Å²) in [5.41, 5.74) is 4.08. The lowest BCUT2D eigenvalue weighted by atomic mass is 10.1. The minimum Gasteiger partial charge on any atom is -0.483 e. The van der Waals surface area contributed by atoms with E-state index in [-0.39, 0.29) is 6.47 Å². The molecule has 8 heteroatoms. The second-order valence-electron chi connectivity index (χ2n) is 7.44. The van der Waals surface area contributed by atoms with Gasteiger partial charge in [0.25, 0.3) is 6.47 Å². The molecule has 2 aromatic heterocycles. The summed E-state index contributed by atoms with van der Waals surface area (Å²) in [6.07, 6.45) is 5.84. The van der Waals surface area contributed by atoms with Gasteiger partial charge in [-0.3, -0.25) is 14.4 Å². The van der Waals surface area contributed by atoms with Crippen LogP contribution < -0.4 is 0 Å². The SMILES string of the molecule is O=CO.OC(c1ccccc1)c1cc2n(n1)CCN(Cc1cncn1C1CC1)C2. The molecule has 2 aliphatic rings. The number of carbonyl (C=O) groups is 1. The van der Waals surface area contributed by atoms with E-state index >= 15 is 0 Å². The minimum atomic E-state index is -0.668. The number of aromatic nitrogens is 4. The second kappa shape index (κ2) is 8.59. The van der Waals surface area contributed by atoms with E-state index in [1.54, 1.807) is 0 Å². The van der Waals surface area contributed by atoms with Crippen LogP contribution in [0.3, 0.4) is 0 Å². The maximum atomic E-state index is 10.6. The van der Waals surface area contributed by atoms with Gasteiger partial charge >= 0.3 is 0 Å². The molecule has 1 atom stereocenters. The fourth-order valence-corrected chi connectivity index (χ4v) is 3.78. The Kier molecular flexibility index (Phi) is 5.73. The van der Waals surface area contributed by atoms with Gasteiger partial charge in [-0.15, -0.1) is 0 Å². The van der Waals surface area contributed by atoms with Crippen molar-refractivity contribution in [1.29, 1.82) is 0 Å². The lowest BCUT2D eigenvalue weighted by molar-refractivity contribution is -0.122. The van der Waals surface area contributed by atoms with Gasteiger partial charge in [-0.2, -0.15) is 5.10 Å². The zero-order chi connectivity index (χ0) is 20.2. The Morgan fingerprint density at radius 3 is 2.69 bits per heavy atom. The van der Waals surface area contributed by atoms with Crippen LogP contribution in [0.4, 0.5) is 0 Å². The first kappa shape index (κ1) is 19.4.